The summed E-state index contributed by atoms with van der Waals surface area (Å²) < 4.78 is 9.61. The molecule has 310 valence electrons. The lowest BCUT2D eigenvalue weighted by molar-refractivity contribution is -0.138. The van der Waals surface area contributed by atoms with Crippen LogP contribution in [0.5, 0.6) is 0 Å². The predicted molar refractivity (Wildman–Crippen MR) is 221 cm³/mol. The number of alkyl carbamates (subject to hydrolysis) is 2. The molecule has 0 radical (unpaired) electrons. The van der Waals surface area contributed by atoms with Crippen LogP contribution in [0.4, 0.5) is 9.59 Å². The van der Waals surface area contributed by atoms with Crippen LogP contribution in [0.2, 0.25) is 0 Å². The van der Waals surface area contributed by atoms with E-state index in [0.717, 1.165) is 46.5 Å². The van der Waals surface area contributed by atoms with E-state index in [-0.39, 0.29) is 59.7 Å². The molecule has 2 saturated heterocycles. The van der Waals surface area contributed by atoms with Crippen LogP contribution in [-0.4, -0.2) is 92.1 Å². The summed E-state index contributed by atoms with van der Waals surface area (Å²) in [6, 6.07) is 14.5. The first-order valence-corrected chi connectivity index (χ1v) is 20.3. The van der Waals surface area contributed by atoms with Crippen LogP contribution in [0, 0.1) is 23.7 Å². The second-order valence-corrected chi connectivity index (χ2v) is 16.7. The summed E-state index contributed by atoms with van der Waals surface area (Å²) in [6.45, 7) is 16.0. The van der Waals surface area contributed by atoms with Crippen molar-refractivity contribution in [2.45, 2.75) is 104 Å². The van der Waals surface area contributed by atoms with Gasteiger partial charge in [-0.05, 0) is 72.6 Å². The lowest BCUT2D eigenvalue weighted by Crippen LogP contribution is -2.53. The minimum absolute atomic E-state index is 0.0328. The average Bonchev–Trinajstić information content (AvgIpc) is 4.02. The third-order valence-electron chi connectivity index (χ3n) is 12.2. The van der Waals surface area contributed by atoms with Crippen molar-refractivity contribution in [3.63, 3.8) is 0 Å². The number of amides is 4. The molecule has 0 saturated carbocycles. The van der Waals surface area contributed by atoms with Gasteiger partial charge in [0.15, 0.2) is 0 Å². The molecule has 2 aliphatic rings. The Hall–Kier alpha value is -5.66. The number of ether oxygens (including phenoxy) is 2. The molecule has 2 aromatic heterocycles. The van der Waals surface area contributed by atoms with Gasteiger partial charge in [0, 0.05) is 12.1 Å². The molecule has 2 fully saturated rings. The number of rotatable bonds is 11. The highest BCUT2D eigenvalue weighted by Crippen LogP contribution is 2.41. The fraction of sp³-hybridized carbons (Fsp3) is 0.500. The smallest absolute Gasteiger partial charge is 0.407 e. The van der Waals surface area contributed by atoms with Crippen molar-refractivity contribution in [2.24, 2.45) is 23.7 Å². The van der Waals surface area contributed by atoms with Gasteiger partial charge >= 0.3 is 12.2 Å². The zero-order chi connectivity index (χ0) is 42.0. The number of hydrogen-bond donors (Lipinski definition) is 4. The number of aromatic amines is 2. The number of carbonyl (C=O) groups excluding carboxylic acids is 4. The molecule has 8 atom stereocenters. The van der Waals surface area contributed by atoms with E-state index in [4.69, 9.17) is 19.4 Å². The van der Waals surface area contributed by atoms with Crippen molar-refractivity contribution in [3.8, 4) is 33.6 Å². The molecule has 2 unspecified atom stereocenters. The largest absolute Gasteiger partial charge is 0.453 e. The Morgan fingerprint density at radius 3 is 1.24 bits per heavy atom. The highest BCUT2D eigenvalue weighted by atomic mass is 16.5. The lowest BCUT2D eigenvalue weighted by Gasteiger charge is -2.33. The summed E-state index contributed by atoms with van der Waals surface area (Å²) in [4.78, 5) is 72.2. The van der Waals surface area contributed by atoms with E-state index in [9.17, 15) is 19.2 Å². The Morgan fingerprint density at radius 1 is 0.603 bits per heavy atom. The Balaban J connectivity index is 1.15. The van der Waals surface area contributed by atoms with Gasteiger partial charge in [-0.3, -0.25) is 9.59 Å². The molecule has 6 rings (SSSR count). The third kappa shape index (κ3) is 8.46. The first-order chi connectivity index (χ1) is 27.6. The third-order valence-corrected chi connectivity index (χ3v) is 12.2. The van der Waals surface area contributed by atoms with Crippen molar-refractivity contribution in [1.82, 2.24) is 40.4 Å². The van der Waals surface area contributed by atoms with Gasteiger partial charge in [0.1, 0.15) is 23.7 Å². The van der Waals surface area contributed by atoms with E-state index >= 15 is 0 Å². The summed E-state index contributed by atoms with van der Waals surface area (Å²) in [5, 5.41) is 5.46. The first kappa shape index (κ1) is 42.0. The number of benzene rings is 2. The van der Waals surface area contributed by atoms with Crippen LogP contribution in [-0.2, 0) is 19.1 Å². The molecule has 2 aliphatic heterocycles. The Bertz CT molecular complexity index is 1930. The van der Waals surface area contributed by atoms with Crippen LogP contribution in [0.15, 0.2) is 60.9 Å². The fourth-order valence-corrected chi connectivity index (χ4v) is 8.35. The molecule has 0 bridgehead atoms. The maximum atomic E-state index is 13.9. The zero-order valence-electron chi connectivity index (χ0n) is 35.2. The van der Waals surface area contributed by atoms with Crippen molar-refractivity contribution < 1.29 is 28.7 Å². The maximum Gasteiger partial charge on any atom is 0.407 e. The lowest BCUT2D eigenvalue weighted by atomic mass is 10.0. The summed E-state index contributed by atoms with van der Waals surface area (Å²) in [7, 11) is 2.59. The number of aromatic nitrogens is 4. The number of carbonyl (C=O) groups is 4. The van der Waals surface area contributed by atoms with Gasteiger partial charge in [-0.1, -0.05) is 90.1 Å². The van der Waals surface area contributed by atoms with E-state index < -0.39 is 24.3 Å². The molecule has 4 amide bonds. The van der Waals surface area contributed by atoms with Crippen LogP contribution in [0.25, 0.3) is 33.6 Å². The number of methoxy groups -OCH3 is 2. The Labute approximate surface area is 340 Å². The molecular formula is C44H58N8O6. The molecule has 14 nitrogen and oxygen atoms in total. The predicted octanol–water partition coefficient (Wildman–Crippen LogP) is 7.49. The molecule has 4 heterocycles. The zero-order valence-corrected chi connectivity index (χ0v) is 35.2. The molecular weight excluding hydrogens is 737 g/mol. The quantitative estimate of drug-likeness (QED) is 0.121. The van der Waals surface area contributed by atoms with Crippen molar-refractivity contribution in [2.75, 3.05) is 14.2 Å². The number of hydrogen-bond acceptors (Lipinski definition) is 8. The Morgan fingerprint density at radius 2 is 0.931 bits per heavy atom. The van der Waals surface area contributed by atoms with E-state index in [1.165, 1.54) is 14.2 Å². The fourth-order valence-electron chi connectivity index (χ4n) is 8.35. The molecule has 0 spiro atoms. The minimum atomic E-state index is -0.717. The summed E-state index contributed by atoms with van der Waals surface area (Å²) in [5.41, 5.74) is 5.75. The SMILES string of the molecule is COC(=O)NC(C(=O)N1[C@H](c2ncc(-c3ccc(-c4ccc(-c5cnc([C@@H]6C[C@H](C)[C@H](C)N6C(=O)C(NC(=O)OC)C(C)C)[nH]5)cc4)cc3)[nH]2)C[C@H](C)[C@@H]1C)C(C)C. The maximum absolute atomic E-state index is 13.9. The number of H-pyrrole nitrogens is 2. The van der Waals surface area contributed by atoms with E-state index in [0.29, 0.717) is 11.6 Å². The molecule has 14 heteroatoms. The summed E-state index contributed by atoms with van der Waals surface area (Å²) >= 11 is 0. The summed E-state index contributed by atoms with van der Waals surface area (Å²) in [5.74, 6) is 1.38. The Kier molecular flexibility index (Phi) is 12.6. The van der Waals surface area contributed by atoms with E-state index in [1.54, 1.807) is 0 Å². The van der Waals surface area contributed by atoms with Gasteiger partial charge in [0.25, 0.3) is 0 Å². The van der Waals surface area contributed by atoms with Crippen molar-refractivity contribution >= 4 is 24.0 Å². The molecule has 58 heavy (non-hydrogen) atoms. The standard InChI is InChI=1S/C44H58N8O6/c1-23(2)37(49-43(55)57-9)41(53)51-27(7)25(5)19-35(51)39-45-21-33(47-39)31-15-11-29(12-16-31)30-13-17-32(18-14-30)34-22-46-40(48-34)36-20-26(6)28(8)52(36)42(54)38(24(3)4)50-44(56)58-10/h11-18,21-28,35-38H,19-20H2,1-10H3,(H,45,47)(H,46,48)(H,49,55)(H,50,56)/t25-,26-,27-,28-,35-,36-,37?,38?/m0/s1. The molecule has 2 aromatic carbocycles. The topological polar surface area (TPSA) is 175 Å². The van der Waals surface area contributed by atoms with Gasteiger partial charge in [0.05, 0.1) is 50.1 Å². The second-order valence-electron chi connectivity index (χ2n) is 16.7. The highest BCUT2D eigenvalue weighted by Gasteiger charge is 2.46. The first-order valence-electron chi connectivity index (χ1n) is 20.3. The number of imidazole rings is 2. The monoisotopic (exact) mass is 794 g/mol. The number of likely N-dealkylation sites (tertiary alicyclic amines) is 2. The van der Waals surface area contributed by atoms with Crippen molar-refractivity contribution in [1.29, 1.82) is 0 Å². The normalized spacial score (nSPS) is 22.9. The summed E-state index contributed by atoms with van der Waals surface area (Å²) in [6.07, 6.45) is 3.87. The molecule has 0 aliphatic carbocycles. The van der Waals surface area contributed by atoms with Crippen LogP contribution < -0.4 is 10.6 Å². The van der Waals surface area contributed by atoms with Gasteiger partial charge in [0.2, 0.25) is 11.8 Å². The van der Waals surface area contributed by atoms with Gasteiger partial charge in [-0.2, -0.15) is 0 Å². The number of nitrogens with one attached hydrogen (secondary N) is 4. The number of nitrogens with zero attached hydrogens (tertiary/aromatic N) is 4. The minimum Gasteiger partial charge on any atom is -0.453 e. The second kappa shape index (κ2) is 17.5. The van der Waals surface area contributed by atoms with Crippen molar-refractivity contribution in [3.05, 3.63) is 72.6 Å². The van der Waals surface area contributed by atoms with E-state index in [1.807, 2.05) is 63.7 Å². The van der Waals surface area contributed by atoms with Gasteiger partial charge in [-0.25, -0.2) is 19.6 Å². The van der Waals surface area contributed by atoms with Crippen LogP contribution in [0.3, 0.4) is 0 Å². The van der Waals surface area contributed by atoms with Crippen LogP contribution >= 0.6 is 0 Å². The highest BCUT2D eigenvalue weighted by molar-refractivity contribution is 5.87. The average molecular weight is 795 g/mol. The van der Waals surface area contributed by atoms with E-state index in [2.05, 4.69) is 83.0 Å². The van der Waals surface area contributed by atoms with Gasteiger partial charge < -0.3 is 39.9 Å². The van der Waals surface area contributed by atoms with Crippen LogP contribution in [0.1, 0.15) is 92.0 Å². The molecule has 4 aromatic rings. The molecule has 4 N–H and O–H groups in total. The van der Waals surface area contributed by atoms with Gasteiger partial charge in [-0.15, -0.1) is 0 Å².